The van der Waals surface area contributed by atoms with E-state index in [1.54, 1.807) is 4.68 Å². The maximum atomic E-state index is 5.56. The highest BCUT2D eigenvalue weighted by molar-refractivity contribution is 5.22. The number of anilines is 1. The molecule has 0 aliphatic heterocycles. The quantitative estimate of drug-likeness (QED) is 0.761. The second kappa shape index (κ2) is 4.13. The fourth-order valence-corrected chi connectivity index (χ4v) is 1.44. The van der Waals surface area contributed by atoms with Gasteiger partial charge in [-0.15, -0.1) is 0 Å². The van der Waals surface area contributed by atoms with Crippen molar-refractivity contribution in [3.8, 4) is 0 Å². The number of nitrogens with two attached hydrogens (primary N) is 1. The van der Waals surface area contributed by atoms with E-state index in [1.807, 2.05) is 25.1 Å². The summed E-state index contributed by atoms with van der Waals surface area (Å²) in [7, 11) is 0. The number of benzene rings is 1. The average Bonchev–Trinajstić information content (AvgIpc) is 2.59. The Balaban J connectivity index is 2.02. The number of nitrogen functional groups attached to an aromatic ring is 1. The van der Waals surface area contributed by atoms with Gasteiger partial charge >= 0.3 is 0 Å². The van der Waals surface area contributed by atoms with Crippen LogP contribution >= 0.6 is 0 Å². The number of nitrogens with zero attached hydrogens (tertiary/aromatic N) is 2. The Morgan fingerprint density at radius 1 is 1.33 bits per heavy atom. The van der Waals surface area contributed by atoms with Crippen molar-refractivity contribution in [2.24, 2.45) is 0 Å². The highest BCUT2D eigenvalue weighted by Gasteiger charge is 2.16. The molecule has 1 aromatic heterocycles. The van der Waals surface area contributed by atoms with Crippen molar-refractivity contribution >= 4 is 5.88 Å². The number of hydrogen-bond acceptors (Lipinski definition) is 3. The summed E-state index contributed by atoms with van der Waals surface area (Å²) in [5, 5.41) is 3.85. The molecule has 78 valence electrons. The van der Waals surface area contributed by atoms with Gasteiger partial charge in [0.1, 0.15) is 0 Å². The van der Waals surface area contributed by atoms with Crippen molar-refractivity contribution in [3.63, 3.8) is 0 Å². The molecule has 1 heterocycles. The van der Waals surface area contributed by atoms with E-state index >= 15 is 0 Å². The second-order valence-electron chi connectivity index (χ2n) is 3.48. The molecular formula is C11H14N3O+. The van der Waals surface area contributed by atoms with Crippen LogP contribution in [0.2, 0.25) is 0 Å². The van der Waals surface area contributed by atoms with Gasteiger partial charge in [0.25, 0.3) is 11.6 Å². The number of hydrogen-bond donors (Lipinski definition) is 1. The fourth-order valence-electron chi connectivity index (χ4n) is 1.44. The van der Waals surface area contributed by atoms with Gasteiger partial charge in [-0.3, -0.25) is 4.52 Å². The summed E-state index contributed by atoms with van der Waals surface area (Å²) in [6, 6.07) is 10.3. The maximum absolute atomic E-state index is 5.56. The third-order valence-corrected chi connectivity index (χ3v) is 2.44. The summed E-state index contributed by atoms with van der Waals surface area (Å²) in [5.41, 5.74) is 7.72. The van der Waals surface area contributed by atoms with Crippen molar-refractivity contribution in [1.82, 2.24) is 5.27 Å². The van der Waals surface area contributed by atoms with E-state index in [-0.39, 0.29) is 0 Å². The van der Waals surface area contributed by atoms with Gasteiger partial charge < -0.3 is 5.73 Å². The minimum absolute atomic E-state index is 0.392. The molecule has 0 bridgehead atoms. The highest BCUT2D eigenvalue weighted by Crippen LogP contribution is 2.03. The molecule has 0 amide bonds. The molecule has 0 spiro atoms. The zero-order chi connectivity index (χ0) is 10.7. The molecular weight excluding hydrogens is 190 g/mol. The highest BCUT2D eigenvalue weighted by atomic mass is 16.5. The predicted octanol–water partition coefficient (Wildman–Crippen LogP) is 1.10. The van der Waals surface area contributed by atoms with Crippen molar-refractivity contribution in [3.05, 3.63) is 41.6 Å². The standard InChI is InChI=1S/C11H14N3O/c1-9-11(12)15-13-14(9)8-7-10-5-3-2-4-6-10/h2-6H,7-8,12H2,1H3/q+1. The van der Waals surface area contributed by atoms with Gasteiger partial charge in [-0.25, -0.2) is 0 Å². The first-order chi connectivity index (χ1) is 7.27. The number of rotatable bonds is 3. The molecule has 2 rings (SSSR count). The van der Waals surface area contributed by atoms with Gasteiger partial charge in [-0.2, -0.15) is 0 Å². The lowest BCUT2D eigenvalue weighted by molar-refractivity contribution is -0.766. The summed E-state index contributed by atoms with van der Waals surface area (Å²) in [5.74, 6) is 0.392. The normalized spacial score (nSPS) is 10.5. The Kier molecular flexibility index (Phi) is 2.67. The molecule has 0 radical (unpaired) electrons. The van der Waals surface area contributed by atoms with Crippen LogP contribution < -0.4 is 10.4 Å². The Bertz CT molecular complexity index is 436. The molecule has 15 heavy (non-hydrogen) atoms. The number of aromatic nitrogens is 2. The lowest BCUT2D eigenvalue weighted by Gasteiger charge is -1.94. The Morgan fingerprint density at radius 3 is 2.67 bits per heavy atom. The molecule has 0 fully saturated rings. The van der Waals surface area contributed by atoms with Crippen molar-refractivity contribution < 1.29 is 9.20 Å². The smallest absolute Gasteiger partial charge is 0.296 e. The van der Waals surface area contributed by atoms with Crippen LogP contribution in [-0.4, -0.2) is 5.27 Å². The Labute approximate surface area is 88.3 Å². The SMILES string of the molecule is Cc1c(N)on[n+]1CCc1ccccc1. The van der Waals surface area contributed by atoms with E-state index in [0.29, 0.717) is 5.88 Å². The van der Waals surface area contributed by atoms with Gasteiger partial charge in [-0.1, -0.05) is 30.3 Å². The number of aryl methyl sites for hydroxylation is 2. The first kappa shape index (κ1) is 9.71. The molecule has 1 aromatic carbocycles. The van der Waals surface area contributed by atoms with Crippen LogP contribution in [0.3, 0.4) is 0 Å². The van der Waals surface area contributed by atoms with Crippen molar-refractivity contribution in [1.29, 1.82) is 0 Å². The van der Waals surface area contributed by atoms with Crippen LogP contribution in [-0.2, 0) is 13.0 Å². The Morgan fingerprint density at radius 2 is 2.07 bits per heavy atom. The van der Waals surface area contributed by atoms with Gasteiger partial charge in [0.2, 0.25) is 5.27 Å². The third-order valence-electron chi connectivity index (χ3n) is 2.44. The average molecular weight is 204 g/mol. The van der Waals surface area contributed by atoms with Gasteiger partial charge in [0, 0.05) is 13.3 Å². The maximum Gasteiger partial charge on any atom is 0.296 e. The third kappa shape index (κ3) is 2.15. The monoisotopic (exact) mass is 204 g/mol. The van der Waals surface area contributed by atoms with E-state index in [2.05, 4.69) is 17.4 Å². The summed E-state index contributed by atoms with van der Waals surface area (Å²) in [4.78, 5) is 0. The van der Waals surface area contributed by atoms with Gasteiger partial charge in [0.15, 0.2) is 6.54 Å². The zero-order valence-electron chi connectivity index (χ0n) is 8.68. The van der Waals surface area contributed by atoms with Crippen molar-refractivity contribution in [2.45, 2.75) is 19.9 Å². The van der Waals surface area contributed by atoms with Crippen LogP contribution in [0.25, 0.3) is 0 Å². The van der Waals surface area contributed by atoms with E-state index in [0.717, 1.165) is 18.7 Å². The van der Waals surface area contributed by atoms with Crippen LogP contribution in [0.4, 0.5) is 5.88 Å². The summed E-state index contributed by atoms with van der Waals surface area (Å²) in [6.07, 6.45) is 0.929. The van der Waals surface area contributed by atoms with Crippen LogP contribution in [0, 0.1) is 6.92 Å². The van der Waals surface area contributed by atoms with E-state index < -0.39 is 0 Å². The molecule has 2 aromatic rings. The van der Waals surface area contributed by atoms with E-state index in [1.165, 1.54) is 5.56 Å². The molecule has 0 saturated carbocycles. The van der Waals surface area contributed by atoms with Crippen molar-refractivity contribution in [2.75, 3.05) is 5.73 Å². The molecule has 4 heteroatoms. The molecule has 0 unspecified atom stereocenters. The first-order valence-corrected chi connectivity index (χ1v) is 4.93. The second-order valence-corrected chi connectivity index (χ2v) is 3.48. The molecule has 0 aliphatic carbocycles. The topological polar surface area (TPSA) is 55.9 Å². The predicted molar refractivity (Wildman–Crippen MR) is 56.0 cm³/mol. The van der Waals surface area contributed by atoms with Gasteiger partial charge in [-0.05, 0) is 10.2 Å². The fraction of sp³-hybridized carbons (Fsp3) is 0.273. The summed E-state index contributed by atoms with van der Waals surface area (Å²) in [6.45, 7) is 2.69. The van der Waals surface area contributed by atoms with E-state index in [9.17, 15) is 0 Å². The molecule has 4 nitrogen and oxygen atoms in total. The first-order valence-electron chi connectivity index (χ1n) is 4.93. The van der Waals surface area contributed by atoms with Gasteiger partial charge in [0.05, 0.1) is 0 Å². The lowest BCUT2D eigenvalue weighted by atomic mass is 10.1. The van der Waals surface area contributed by atoms with Crippen LogP contribution in [0.5, 0.6) is 0 Å². The molecule has 0 atom stereocenters. The minimum Gasteiger partial charge on any atom is -0.362 e. The van der Waals surface area contributed by atoms with Crippen LogP contribution in [0.15, 0.2) is 34.9 Å². The summed E-state index contributed by atoms with van der Waals surface area (Å²) < 4.78 is 6.65. The van der Waals surface area contributed by atoms with E-state index in [4.69, 9.17) is 10.3 Å². The zero-order valence-corrected chi connectivity index (χ0v) is 8.68. The summed E-state index contributed by atoms with van der Waals surface area (Å²) >= 11 is 0. The van der Waals surface area contributed by atoms with Crippen LogP contribution in [0.1, 0.15) is 11.3 Å². The molecule has 2 N–H and O–H groups in total. The Hall–Kier alpha value is -1.84. The lowest BCUT2D eigenvalue weighted by Crippen LogP contribution is -2.39. The largest absolute Gasteiger partial charge is 0.362 e. The molecule has 0 aliphatic rings. The molecule has 0 saturated heterocycles. The minimum atomic E-state index is 0.392.